The molecule has 2 saturated heterocycles. The van der Waals surface area contributed by atoms with E-state index in [1.807, 2.05) is 4.98 Å². The Morgan fingerprint density at radius 2 is 1.55 bits per heavy atom. The number of carboxylic acids is 1. The van der Waals surface area contributed by atoms with Crippen LogP contribution in [0.15, 0.2) is 21.9 Å². The number of hydrogen-bond donors (Lipinski definition) is 6. The van der Waals surface area contributed by atoms with Gasteiger partial charge in [-0.15, -0.1) is 0 Å². The number of H-pyrrole nitrogens is 1. The summed E-state index contributed by atoms with van der Waals surface area (Å²) in [6.45, 7) is -1.05. The van der Waals surface area contributed by atoms with Gasteiger partial charge in [-0.25, -0.2) is 4.79 Å². The van der Waals surface area contributed by atoms with Crippen molar-refractivity contribution in [1.29, 1.82) is 0 Å². The fourth-order valence-electron chi connectivity index (χ4n) is 3.49. The van der Waals surface area contributed by atoms with Gasteiger partial charge >= 0.3 is 94.4 Å². The van der Waals surface area contributed by atoms with Gasteiger partial charge in [0.1, 0.15) is 57.9 Å². The third kappa shape index (κ3) is 10.1. The normalized spacial score (nSPS) is 34.7. The standard InChI is InChI=1S/C16H24N2O17P2.3Na/c19-6-1-2-18(16(27)17-6)13-10(23)7(20)5(33-13)3-32-36(28,29)4-37(30,31)35-15-11(24)8(21)9(22)12(34-15)14(25)26;;;/h1-2,5,7-13,15,20-24H,3-4H2,(H,25,26)(H,28,29)(H,30,31)(H,17,19,27);;;/q;3*+1/p-3/t5-,7-,8+,9+,10-,11-,12+,13-,15-;;;/m1.../s1. The van der Waals surface area contributed by atoms with Crippen LogP contribution < -0.4 is 115 Å². The van der Waals surface area contributed by atoms with Crippen molar-refractivity contribution in [3.05, 3.63) is 33.1 Å². The minimum Gasteiger partial charge on any atom is -0.778 e. The van der Waals surface area contributed by atoms with Crippen molar-refractivity contribution in [1.82, 2.24) is 9.55 Å². The Morgan fingerprint density at radius 1 is 0.950 bits per heavy atom. The van der Waals surface area contributed by atoms with Crippen molar-refractivity contribution < 1.29 is 162 Å². The van der Waals surface area contributed by atoms with Crippen LogP contribution in [0.5, 0.6) is 0 Å². The molecule has 3 rings (SSSR count). The smallest absolute Gasteiger partial charge is 0.778 e. The summed E-state index contributed by atoms with van der Waals surface area (Å²) in [7, 11) is -10.9. The van der Waals surface area contributed by atoms with Crippen molar-refractivity contribution in [2.75, 3.05) is 12.5 Å². The molecule has 40 heavy (non-hydrogen) atoms. The van der Waals surface area contributed by atoms with E-state index in [1.54, 1.807) is 0 Å². The van der Waals surface area contributed by atoms with Crippen LogP contribution in [-0.2, 0) is 32.4 Å². The molecule has 19 nitrogen and oxygen atoms in total. The van der Waals surface area contributed by atoms with Crippen LogP contribution in [0.1, 0.15) is 6.23 Å². The third-order valence-electron chi connectivity index (χ3n) is 5.31. The SMILES string of the molecule is O=C([O-])[C@H]1O[C@H](OP(=O)([O-])CP(=O)([O-])OC[C@H]2O[C@@H](n3ccc(=O)[nH]c3=O)[C@H](O)[C@@H]2O)[C@H](O)[C@@H](O)[C@@H]1O.[Na+].[Na+].[Na+]. The molecule has 2 unspecified atom stereocenters. The molecule has 2 aliphatic heterocycles. The minimum absolute atomic E-state index is 0. The van der Waals surface area contributed by atoms with Crippen LogP contribution in [0.25, 0.3) is 0 Å². The number of carboxylic acid groups (broad SMARTS) is 1. The van der Waals surface area contributed by atoms with Crippen LogP contribution in [0.3, 0.4) is 0 Å². The number of ether oxygens (including phenoxy) is 2. The maximum absolute atomic E-state index is 12.2. The van der Waals surface area contributed by atoms with Gasteiger partial charge in [-0.05, 0) is 0 Å². The van der Waals surface area contributed by atoms with Crippen LogP contribution >= 0.6 is 15.2 Å². The summed E-state index contributed by atoms with van der Waals surface area (Å²) >= 11 is 0. The molecule has 0 amide bonds. The molecule has 11 atom stereocenters. The molecule has 0 bridgehead atoms. The molecule has 3 heterocycles. The van der Waals surface area contributed by atoms with Crippen LogP contribution in [0, 0.1) is 0 Å². The maximum Gasteiger partial charge on any atom is 1.00 e. The van der Waals surface area contributed by atoms with Crippen molar-refractivity contribution in [3.63, 3.8) is 0 Å². The summed E-state index contributed by atoms with van der Waals surface area (Å²) in [6, 6.07) is 0.910. The number of carbonyl (C=O) groups is 1. The zero-order valence-corrected chi connectivity index (χ0v) is 29.0. The van der Waals surface area contributed by atoms with E-state index in [-0.39, 0.29) is 88.7 Å². The number of aliphatic hydroxyl groups is 5. The predicted molar refractivity (Wildman–Crippen MR) is 106 cm³/mol. The zero-order valence-electron chi connectivity index (χ0n) is 21.2. The Labute approximate surface area is 290 Å². The van der Waals surface area contributed by atoms with E-state index in [9.17, 15) is 63.9 Å². The van der Waals surface area contributed by atoms with Crippen molar-refractivity contribution in [2.45, 2.75) is 55.2 Å². The number of aliphatic hydroxyl groups excluding tert-OH is 5. The Hall–Kier alpha value is 1.17. The molecule has 0 aliphatic carbocycles. The van der Waals surface area contributed by atoms with Crippen molar-refractivity contribution in [2.24, 2.45) is 0 Å². The zero-order chi connectivity index (χ0) is 27.9. The molecule has 0 saturated carbocycles. The topological polar surface area (TPSA) is 313 Å². The van der Waals surface area contributed by atoms with Gasteiger partial charge < -0.3 is 72.9 Å². The van der Waals surface area contributed by atoms with Gasteiger partial charge in [-0.2, -0.15) is 0 Å². The van der Waals surface area contributed by atoms with E-state index in [2.05, 4.69) is 13.8 Å². The number of nitrogens with one attached hydrogen (secondary N) is 1. The Balaban J connectivity index is 0.00000507. The monoisotopic (exact) mass is 644 g/mol. The molecule has 2 aliphatic rings. The van der Waals surface area contributed by atoms with E-state index >= 15 is 0 Å². The van der Waals surface area contributed by atoms with Gasteiger partial charge in [0.15, 0.2) is 12.5 Å². The fourth-order valence-corrected chi connectivity index (χ4v) is 6.64. The first-order valence-electron chi connectivity index (χ1n) is 10.2. The first-order chi connectivity index (χ1) is 17.0. The van der Waals surface area contributed by atoms with E-state index in [0.717, 1.165) is 12.3 Å². The van der Waals surface area contributed by atoms with Crippen molar-refractivity contribution in [3.8, 4) is 0 Å². The molecule has 1 aromatic rings. The molecule has 0 aromatic carbocycles. The molecule has 2 fully saturated rings. The van der Waals surface area contributed by atoms with E-state index in [1.165, 1.54) is 0 Å². The average Bonchev–Trinajstić information content (AvgIpc) is 3.05. The largest absolute Gasteiger partial charge is 1.00 e. The van der Waals surface area contributed by atoms with Gasteiger partial charge in [0.25, 0.3) is 5.56 Å². The van der Waals surface area contributed by atoms with Crippen molar-refractivity contribution >= 4 is 21.2 Å². The summed E-state index contributed by atoms with van der Waals surface area (Å²) in [4.78, 5) is 60.3. The maximum atomic E-state index is 12.2. The quantitative estimate of drug-likeness (QED) is 0.107. The van der Waals surface area contributed by atoms with Crippen LogP contribution in [-0.4, -0.2) is 103 Å². The molecule has 0 spiro atoms. The average molecular weight is 644 g/mol. The van der Waals surface area contributed by atoms with Gasteiger partial charge in [0.05, 0.1) is 18.5 Å². The number of hydrogen-bond acceptors (Lipinski definition) is 17. The number of aromatic amines is 1. The first-order valence-corrected chi connectivity index (χ1v) is 13.7. The summed E-state index contributed by atoms with van der Waals surface area (Å²) in [5, 5.41) is 60.2. The molecular formula is C16H21N2Na3O17P2. The summed E-state index contributed by atoms with van der Waals surface area (Å²) in [5.74, 6) is -3.97. The number of rotatable bonds is 9. The van der Waals surface area contributed by atoms with E-state index in [4.69, 9.17) is 4.74 Å². The minimum atomic E-state index is -5.56. The molecule has 1 aromatic heterocycles. The van der Waals surface area contributed by atoms with Gasteiger partial charge in [-0.1, -0.05) is 0 Å². The number of aromatic nitrogens is 2. The second kappa shape index (κ2) is 16.5. The second-order valence-corrected chi connectivity index (χ2v) is 12.1. The van der Waals surface area contributed by atoms with E-state index < -0.39 is 100 Å². The molecule has 210 valence electrons. The summed E-state index contributed by atoms with van der Waals surface area (Å²) in [5.41, 5.74) is -1.78. The summed E-state index contributed by atoms with van der Waals surface area (Å²) in [6.07, 6.45) is -17.4. The third-order valence-corrected chi connectivity index (χ3v) is 9.15. The summed E-state index contributed by atoms with van der Waals surface area (Å²) < 4.78 is 43.8. The number of nitrogens with zero attached hydrogens (tertiary/aromatic N) is 1. The Morgan fingerprint density at radius 3 is 2.10 bits per heavy atom. The fraction of sp³-hybridized carbons (Fsp3) is 0.688. The van der Waals surface area contributed by atoms with Crippen LogP contribution in [0.2, 0.25) is 0 Å². The van der Waals surface area contributed by atoms with Gasteiger partial charge in [0, 0.05) is 12.3 Å². The van der Waals surface area contributed by atoms with Crippen LogP contribution in [0.4, 0.5) is 0 Å². The molecule has 24 heteroatoms. The molecule has 0 radical (unpaired) electrons. The number of carbonyl (C=O) groups excluding carboxylic acids is 1. The molecule has 6 N–H and O–H groups in total. The van der Waals surface area contributed by atoms with Gasteiger partial charge in [-0.3, -0.25) is 14.3 Å². The predicted octanol–water partition coefficient (Wildman–Crippen LogP) is -16.2. The van der Waals surface area contributed by atoms with E-state index in [0.29, 0.717) is 4.57 Å². The van der Waals surface area contributed by atoms with Gasteiger partial charge in [0.2, 0.25) is 0 Å². The molecular weight excluding hydrogens is 623 g/mol. The number of aliphatic carboxylic acids is 1. The Kier molecular flexibility index (Phi) is 17.0. The second-order valence-electron chi connectivity index (χ2n) is 8.04. The Bertz CT molecular complexity index is 1220. The first kappa shape index (κ1) is 41.2.